The minimum atomic E-state index is 0.0592. The highest BCUT2D eigenvalue weighted by Crippen LogP contribution is 2.25. The van der Waals surface area contributed by atoms with Gasteiger partial charge in [-0.25, -0.2) is 9.98 Å². The molecule has 0 unspecified atom stereocenters. The molecule has 0 atom stereocenters. The van der Waals surface area contributed by atoms with Gasteiger partial charge >= 0.3 is 0 Å². The molecule has 0 radical (unpaired) electrons. The molecule has 4 heteroatoms. The van der Waals surface area contributed by atoms with Gasteiger partial charge in [0.25, 0.3) is 0 Å². The minimum Gasteiger partial charge on any atom is -0.497 e. The highest BCUT2D eigenvalue weighted by atomic mass is 16.5. The molecule has 94 valence electrons. The van der Waals surface area contributed by atoms with Crippen molar-refractivity contribution in [2.45, 2.75) is 6.42 Å². The zero-order chi connectivity index (χ0) is 13.2. The number of ether oxygens (including phenoxy) is 1. The number of Topliss-reactive ketones (excluding diaryl/α,β-unsaturated/α-hetero) is 1. The van der Waals surface area contributed by atoms with E-state index in [0.717, 1.165) is 17.0 Å². The largest absolute Gasteiger partial charge is 0.497 e. The molecule has 0 N–H and O–H groups in total. The predicted molar refractivity (Wildman–Crippen MR) is 72.4 cm³/mol. The van der Waals surface area contributed by atoms with Gasteiger partial charge in [-0.2, -0.15) is 0 Å². The lowest BCUT2D eigenvalue weighted by molar-refractivity contribution is 0.0999. The van der Waals surface area contributed by atoms with Gasteiger partial charge in [0.05, 0.1) is 24.8 Å². The van der Waals surface area contributed by atoms with Gasteiger partial charge in [-0.3, -0.25) is 4.79 Å². The molecule has 2 heterocycles. The standard InChI is InChI=1S/C15H12N2O2/c1-19-11-6-4-10(5-7-11)13-9-14(18)12-3-2-8-16-15(12)17-13/h2-8H,9H2,1H3. The molecule has 0 bridgehead atoms. The number of benzene rings is 1. The number of hydrogen-bond donors (Lipinski definition) is 0. The summed E-state index contributed by atoms with van der Waals surface area (Å²) in [4.78, 5) is 20.7. The topological polar surface area (TPSA) is 51.6 Å². The molecular formula is C15H12N2O2. The van der Waals surface area contributed by atoms with Crippen LogP contribution in [0.2, 0.25) is 0 Å². The zero-order valence-corrected chi connectivity index (χ0v) is 10.5. The van der Waals surface area contributed by atoms with Crippen LogP contribution in [0.5, 0.6) is 5.75 Å². The van der Waals surface area contributed by atoms with Crippen LogP contribution in [0, 0.1) is 0 Å². The monoisotopic (exact) mass is 252 g/mol. The SMILES string of the molecule is COc1ccc(C2=Nc3ncccc3C(=O)C2)cc1. The second-order valence-corrected chi connectivity index (χ2v) is 4.26. The van der Waals surface area contributed by atoms with E-state index in [1.807, 2.05) is 24.3 Å². The van der Waals surface area contributed by atoms with Gasteiger partial charge in [-0.15, -0.1) is 0 Å². The quantitative estimate of drug-likeness (QED) is 0.825. The first kappa shape index (κ1) is 11.6. The Bertz CT molecular complexity index is 660. The van der Waals surface area contributed by atoms with Crippen LogP contribution in [-0.4, -0.2) is 23.6 Å². The lowest BCUT2D eigenvalue weighted by atomic mass is 9.98. The number of carbonyl (C=O) groups excluding carboxylic acids is 1. The number of rotatable bonds is 2. The Morgan fingerprint density at radius 2 is 1.95 bits per heavy atom. The van der Waals surface area contributed by atoms with Gasteiger partial charge in [0.2, 0.25) is 0 Å². The average molecular weight is 252 g/mol. The van der Waals surface area contributed by atoms with Crippen molar-refractivity contribution >= 4 is 17.3 Å². The first-order valence-electron chi connectivity index (χ1n) is 5.98. The van der Waals surface area contributed by atoms with Gasteiger partial charge in [0, 0.05) is 6.20 Å². The Kier molecular flexibility index (Phi) is 2.83. The molecule has 1 aliphatic rings. The van der Waals surface area contributed by atoms with E-state index in [0.29, 0.717) is 17.8 Å². The molecule has 4 nitrogen and oxygen atoms in total. The number of hydrogen-bond acceptors (Lipinski definition) is 4. The average Bonchev–Trinajstić information content (AvgIpc) is 2.47. The molecule has 3 rings (SSSR count). The van der Waals surface area contributed by atoms with Crippen molar-refractivity contribution in [3.63, 3.8) is 0 Å². The first-order chi connectivity index (χ1) is 9.28. The van der Waals surface area contributed by atoms with Crippen LogP contribution in [-0.2, 0) is 0 Å². The van der Waals surface area contributed by atoms with Crippen LogP contribution in [0.1, 0.15) is 22.3 Å². The predicted octanol–water partition coefficient (Wildman–Crippen LogP) is 2.80. The maximum Gasteiger partial charge on any atom is 0.172 e. The summed E-state index contributed by atoms with van der Waals surface area (Å²) in [6, 6.07) is 11.0. The number of ketones is 1. The molecule has 0 amide bonds. The second kappa shape index (κ2) is 4.65. The van der Waals surface area contributed by atoms with Crippen molar-refractivity contribution in [1.29, 1.82) is 0 Å². The minimum absolute atomic E-state index is 0.0592. The Labute approximate surface area is 110 Å². The van der Waals surface area contributed by atoms with Crippen molar-refractivity contribution in [2.75, 3.05) is 7.11 Å². The molecule has 1 aromatic carbocycles. The molecule has 0 saturated carbocycles. The Hall–Kier alpha value is -2.49. The fourth-order valence-electron chi connectivity index (χ4n) is 2.07. The maximum absolute atomic E-state index is 12.0. The number of pyridine rings is 1. The maximum atomic E-state index is 12.0. The number of nitrogens with zero attached hydrogens (tertiary/aromatic N) is 2. The third kappa shape index (κ3) is 2.12. The van der Waals surface area contributed by atoms with Crippen LogP contribution >= 0.6 is 0 Å². The van der Waals surface area contributed by atoms with Crippen molar-refractivity contribution in [2.24, 2.45) is 4.99 Å². The summed E-state index contributed by atoms with van der Waals surface area (Å²) in [6.07, 6.45) is 1.96. The molecule has 0 spiro atoms. The molecule has 0 aliphatic carbocycles. The lowest BCUT2D eigenvalue weighted by Crippen LogP contribution is -2.14. The van der Waals surface area contributed by atoms with Gasteiger partial charge in [0.15, 0.2) is 11.6 Å². The summed E-state index contributed by atoms with van der Waals surface area (Å²) in [5.74, 6) is 1.35. The van der Waals surface area contributed by atoms with E-state index in [1.54, 1.807) is 25.4 Å². The molecule has 2 aromatic rings. The molecule has 0 fully saturated rings. The van der Waals surface area contributed by atoms with E-state index in [2.05, 4.69) is 9.98 Å². The van der Waals surface area contributed by atoms with Gasteiger partial charge in [-0.1, -0.05) is 0 Å². The summed E-state index contributed by atoms with van der Waals surface area (Å²) in [5.41, 5.74) is 2.27. The van der Waals surface area contributed by atoms with Crippen LogP contribution < -0.4 is 4.74 Å². The Balaban J connectivity index is 2.02. The number of aliphatic imine (C=N–C) groups is 1. The Morgan fingerprint density at radius 3 is 2.68 bits per heavy atom. The molecule has 0 saturated heterocycles. The summed E-state index contributed by atoms with van der Waals surface area (Å²) >= 11 is 0. The first-order valence-corrected chi connectivity index (χ1v) is 5.98. The zero-order valence-electron chi connectivity index (χ0n) is 10.5. The summed E-state index contributed by atoms with van der Waals surface area (Å²) in [6.45, 7) is 0. The van der Waals surface area contributed by atoms with Gasteiger partial charge < -0.3 is 4.74 Å². The van der Waals surface area contributed by atoms with E-state index < -0.39 is 0 Å². The third-order valence-electron chi connectivity index (χ3n) is 3.08. The van der Waals surface area contributed by atoms with Crippen LogP contribution in [0.3, 0.4) is 0 Å². The lowest BCUT2D eigenvalue weighted by Gasteiger charge is -2.13. The summed E-state index contributed by atoms with van der Waals surface area (Å²) in [7, 11) is 1.62. The van der Waals surface area contributed by atoms with Gasteiger partial charge in [0.1, 0.15) is 5.75 Å². The molecular weight excluding hydrogens is 240 g/mol. The third-order valence-corrected chi connectivity index (χ3v) is 3.08. The normalized spacial score (nSPS) is 13.7. The number of methoxy groups -OCH3 is 1. The summed E-state index contributed by atoms with van der Waals surface area (Å²) < 4.78 is 5.11. The second-order valence-electron chi connectivity index (χ2n) is 4.26. The smallest absolute Gasteiger partial charge is 0.172 e. The molecule has 1 aromatic heterocycles. The van der Waals surface area contributed by atoms with E-state index in [-0.39, 0.29) is 5.78 Å². The Morgan fingerprint density at radius 1 is 1.16 bits per heavy atom. The fourth-order valence-corrected chi connectivity index (χ4v) is 2.07. The highest BCUT2D eigenvalue weighted by Gasteiger charge is 2.21. The van der Waals surface area contributed by atoms with Crippen molar-refractivity contribution in [3.05, 3.63) is 53.7 Å². The van der Waals surface area contributed by atoms with E-state index >= 15 is 0 Å². The van der Waals surface area contributed by atoms with E-state index in [9.17, 15) is 4.79 Å². The number of fused-ring (bicyclic) bond motifs is 1. The fraction of sp³-hybridized carbons (Fsp3) is 0.133. The highest BCUT2D eigenvalue weighted by molar-refractivity contribution is 6.20. The number of aromatic nitrogens is 1. The van der Waals surface area contributed by atoms with Crippen molar-refractivity contribution < 1.29 is 9.53 Å². The van der Waals surface area contributed by atoms with Gasteiger partial charge in [-0.05, 0) is 42.0 Å². The van der Waals surface area contributed by atoms with Crippen molar-refractivity contribution in [1.82, 2.24) is 4.98 Å². The van der Waals surface area contributed by atoms with E-state index in [1.165, 1.54) is 0 Å². The van der Waals surface area contributed by atoms with Crippen LogP contribution in [0.15, 0.2) is 47.6 Å². The van der Waals surface area contributed by atoms with Crippen molar-refractivity contribution in [3.8, 4) is 5.75 Å². The van der Waals surface area contributed by atoms with Crippen LogP contribution in [0.25, 0.3) is 0 Å². The van der Waals surface area contributed by atoms with E-state index in [4.69, 9.17) is 4.74 Å². The molecule has 1 aliphatic heterocycles. The summed E-state index contributed by atoms with van der Waals surface area (Å²) in [5, 5.41) is 0. The molecule has 19 heavy (non-hydrogen) atoms. The number of carbonyl (C=O) groups is 1. The van der Waals surface area contributed by atoms with Crippen LogP contribution in [0.4, 0.5) is 5.82 Å².